The van der Waals surface area contributed by atoms with E-state index in [1.807, 2.05) is 6.92 Å². The molecule has 0 amide bonds. The van der Waals surface area contributed by atoms with Gasteiger partial charge < -0.3 is 10.6 Å². The zero-order valence-corrected chi connectivity index (χ0v) is 12.2. The average molecular weight is 239 g/mol. The molecule has 0 heterocycles. The zero-order valence-electron chi connectivity index (χ0n) is 12.2. The summed E-state index contributed by atoms with van der Waals surface area (Å²) in [6.07, 6.45) is 3.17. The van der Waals surface area contributed by atoms with Crippen molar-refractivity contribution in [3.05, 3.63) is 0 Å². The lowest BCUT2D eigenvalue weighted by atomic mass is 9.94. The van der Waals surface area contributed by atoms with E-state index in [1.165, 1.54) is 12.8 Å². The first-order valence-electron chi connectivity index (χ1n) is 6.84. The van der Waals surface area contributed by atoms with Gasteiger partial charge in [0.15, 0.2) is 0 Å². The van der Waals surface area contributed by atoms with Crippen molar-refractivity contribution in [1.82, 2.24) is 4.90 Å². The van der Waals surface area contributed by atoms with Crippen molar-refractivity contribution in [3.63, 3.8) is 0 Å². The maximum Gasteiger partial charge on any atom is 0.102 e. The first-order chi connectivity index (χ1) is 7.90. The maximum absolute atomic E-state index is 8.98. The van der Waals surface area contributed by atoms with Crippen LogP contribution < -0.4 is 5.73 Å². The highest BCUT2D eigenvalue weighted by Gasteiger charge is 2.25. The predicted molar refractivity (Wildman–Crippen MR) is 73.6 cm³/mol. The van der Waals surface area contributed by atoms with E-state index in [1.54, 1.807) is 0 Å². The quantitative estimate of drug-likeness (QED) is 0.708. The van der Waals surface area contributed by atoms with Gasteiger partial charge in [0, 0.05) is 12.6 Å². The Labute approximate surface area is 107 Å². The van der Waals surface area contributed by atoms with Crippen LogP contribution in [0.4, 0.5) is 0 Å². The summed E-state index contributed by atoms with van der Waals surface area (Å²) >= 11 is 0. The van der Waals surface area contributed by atoms with Crippen LogP contribution in [-0.4, -0.2) is 29.6 Å². The molecule has 0 saturated heterocycles. The number of nitrogens with two attached hydrogens (primary N) is 1. The molecule has 2 N–H and O–H groups in total. The molecule has 0 aliphatic heterocycles. The molecule has 0 fully saturated rings. The van der Waals surface area contributed by atoms with E-state index in [0.29, 0.717) is 6.04 Å². The second-order valence-corrected chi connectivity index (χ2v) is 5.35. The van der Waals surface area contributed by atoms with Gasteiger partial charge in [-0.3, -0.25) is 0 Å². The van der Waals surface area contributed by atoms with Gasteiger partial charge in [-0.2, -0.15) is 5.26 Å². The summed E-state index contributed by atoms with van der Waals surface area (Å²) in [5.74, 6) is 0.753. The topological polar surface area (TPSA) is 53.0 Å². The highest BCUT2D eigenvalue weighted by molar-refractivity contribution is 5.02. The van der Waals surface area contributed by atoms with Crippen molar-refractivity contribution in [2.45, 2.75) is 65.5 Å². The Morgan fingerprint density at radius 3 is 2.18 bits per heavy atom. The zero-order chi connectivity index (χ0) is 13.5. The predicted octanol–water partition coefficient (Wildman–Crippen LogP) is 2.76. The van der Waals surface area contributed by atoms with Crippen LogP contribution in [0.1, 0.15) is 53.9 Å². The van der Waals surface area contributed by atoms with E-state index in [-0.39, 0.29) is 0 Å². The Balaban J connectivity index is 4.41. The van der Waals surface area contributed by atoms with Crippen LogP contribution in [0.15, 0.2) is 0 Å². The van der Waals surface area contributed by atoms with Crippen molar-refractivity contribution < 1.29 is 0 Å². The van der Waals surface area contributed by atoms with Crippen LogP contribution in [0.25, 0.3) is 0 Å². The molecule has 0 saturated carbocycles. The van der Waals surface area contributed by atoms with E-state index in [4.69, 9.17) is 11.0 Å². The summed E-state index contributed by atoms with van der Waals surface area (Å²) in [5.41, 5.74) is 5.21. The maximum atomic E-state index is 8.98. The standard InChI is InChI=1S/C14H29N3/c1-6-13(7-2)10-17(8-3)12(4)9-14(5,16)11-15/h12-13H,6-10,16H2,1-5H3. The Morgan fingerprint density at radius 1 is 1.29 bits per heavy atom. The summed E-state index contributed by atoms with van der Waals surface area (Å²) in [5, 5.41) is 8.98. The van der Waals surface area contributed by atoms with Crippen molar-refractivity contribution in [1.29, 1.82) is 5.26 Å². The molecule has 0 aliphatic rings. The molecular weight excluding hydrogens is 210 g/mol. The third-order valence-electron chi connectivity index (χ3n) is 3.65. The number of rotatable bonds is 8. The molecular formula is C14H29N3. The van der Waals surface area contributed by atoms with Gasteiger partial charge in [0.2, 0.25) is 0 Å². The molecule has 0 aromatic rings. The molecule has 0 spiro atoms. The van der Waals surface area contributed by atoms with Gasteiger partial charge in [0.05, 0.1) is 6.07 Å². The van der Waals surface area contributed by atoms with Crippen LogP contribution in [0.2, 0.25) is 0 Å². The Kier molecular flexibility index (Phi) is 7.41. The monoisotopic (exact) mass is 239 g/mol. The molecule has 0 aliphatic carbocycles. The summed E-state index contributed by atoms with van der Waals surface area (Å²) in [4.78, 5) is 2.44. The third-order valence-corrected chi connectivity index (χ3v) is 3.65. The fourth-order valence-corrected chi connectivity index (χ4v) is 2.29. The SMILES string of the molecule is CCC(CC)CN(CC)C(C)CC(C)(N)C#N. The fraction of sp³-hybridized carbons (Fsp3) is 0.929. The van der Waals surface area contributed by atoms with Gasteiger partial charge in [0.1, 0.15) is 5.54 Å². The molecule has 3 heteroatoms. The van der Waals surface area contributed by atoms with E-state index in [9.17, 15) is 0 Å². The number of nitrogens with zero attached hydrogens (tertiary/aromatic N) is 2. The summed E-state index contributed by atoms with van der Waals surface area (Å²) in [7, 11) is 0. The van der Waals surface area contributed by atoms with Gasteiger partial charge in [0.25, 0.3) is 0 Å². The first-order valence-corrected chi connectivity index (χ1v) is 6.84. The van der Waals surface area contributed by atoms with Crippen LogP contribution in [0, 0.1) is 17.2 Å². The lowest BCUT2D eigenvalue weighted by molar-refractivity contribution is 0.161. The molecule has 17 heavy (non-hydrogen) atoms. The molecule has 0 bridgehead atoms. The minimum atomic E-state index is -0.708. The van der Waals surface area contributed by atoms with Crippen molar-refractivity contribution in [2.24, 2.45) is 11.7 Å². The molecule has 2 unspecified atom stereocenters. The van der Waals surface area contributed by atoms with E-state index in [0.717, 1.165) is 25.4 Å². The van der Waals surface area contributed by atoms with Crippen LogP contribution in [-0.2, 0) is 0 Å². The van der Waals surface area contributed by atoms with E-state index < -0.39 is 5.54 Å². The minimum Gasteiger partial charge on any atom is -0.314 e. The van der Waals surface area contributed by atoms with Gasteiger partial charge >= 0.3 is 0 Å². The first kappa shape index (κ1) is 16.4. The molecule has 0 aromatic heterocycles. The van der Waals surface area contributed by atoms with Gasteiger partial charge in [-0.25, -0.2) is 0 Å². The molecule has 0 rings (SSSR count). The average Bonchev–Trinajstić information content (AvgIpc) is 2.30. The van der Waals surface area contributed by atoms with E-state index in [2.05, 4.69) is 38.7 Å². The molecule has 100 valence electrons. The smallest absolute Gasteiger partial charge is 0.102 e. The van der Waals surface area contributed by atoms with Crippen molar-refractivity contribution in [3.8, 4) is 6.07 Å². The highest BCUT2D eigenvalue weighted by Crippen LogP contribution is 2.17. The summed E-state index contributed by atoms with van der Waals surface area (Å²) in [6.45, 7) is 12.8. The number of nitriles is 1. The largest absolute Gasteiger partial charge is 0.314 e. The highest BCUT2D eigenvalue weighted by atomic mass is 15.1. The normalized spacial score (nSPS) is 16.9. The summed E-state index contributed by atoms with van der Waals surface area (Å²) in [6, 6.07) is 2.55. The Bertz CT molecular complexity index is 238. The Hall–Kier alpha value is -0.590. The lowest BCUT2D eigenvalue weighted by Gasteiger charge is -2.33. The second-order valence-electron chi connectivity index (χ2n) is 5.35. The van der Waals surface area contributed by atoms with E-state index >= 15 is 0 Å². The second kappa shape index (κ2) is 7.68. The third kappa shape index (κ3) is 6.05. The van der Waals surface area contributed by atoms with Crippen molar-refractivity contribution >= 4 is 0 Å². The Morgan fingerprint density at radius 2 is 1.82 bits per heavy atom. The lowest BCUT2D eigenvalue weighted by Crippen LogP contribution is -2.45. The van der Waals surface area contributed by atoms with Crippen LogP contribution >= 0.6 is 0 Å². The summed E-state index contributed by atoms with van der Waals surface area (Å²) < 4.78 is 0. The molecule has 0 aromatic carbocycles. The fourth-order valence-electron chi connectivity index (χ4n) is 2.29. The number of hydrogen-bond donors (Lipinski definition) is 1. The van der Waals surface area contributed by atoms with Crippen LogP contribution in [0.3, 0.4) is 0 Å². The molecule has 2 atom stereocenters. The van der Waals surface area contributed by atoms with Gasteiger partial charge in [-0.15, -0.1) is 0 Å². The van der Waals surface area contributed by atoms with Gasteiger partial charge in [-0.05, 0) is 32.7 Å². The van der Waals surface area contributed by atoms with Crippen molar-refractivity contribution in [2.75, 3.05) is 13.1 Å². The minimum absolute atomic E-state index is 0.371. The molecule has 0 radical (unpaired) electrons. The number of hydrogen-bond acceptors (Lipinski definition) is 3. The molecule has 3 nitrogen and oxygen atoms in total. The van der Waals surface area contributed by atoms with Crippen LogP contribution in [0.5, 0.6) is 0 Å². The van der Waals surface area contributed by atoms with Gasteiger partial charge in [-0.1, -0.05) is 33.6 Å².